The molecule has 1 fully saturated rings. The summed E-state index contributed by atoms with van der Waals surface area (Å²) in [6.45, 7) is 5.41. The van der Waals surface area contributed by atoms with Gasteiger partial charge < -0.3 is 9.73 Å². The first-order chi connectivity index (χ1) is 7.29. The highest BCUT2D eigenvalue weighted by Crippen LogP contribution is 2.32. The molecule has 1 aliphatic rings. The minimum atomic E-state index is 0.351. The summed E-state index contributed by atoms with van der Waals surface area (Å²) >= 11 is 0. The molecule has 2 heteroatoms. The van der Waals surface area contributed by atoms with E-state index >= 15 is 0 Å². The second-order valence-corrected chi connectivity index (χ2v) is 4.57. The Balaban J connectivity index is 1.75. The molecular weight excluding hydrogens is 186 g/mol. The van der Waals surface area contributed by atoms with E-state index in [1.54, 1.807) is 0 Å². The van der Waals surface area contributed by atoms with Gasteiger partial charge in [-0.3, -0.25) is 0 Å². The standard InChI is InChI=1S/C13H21NO/c1-3-12-6-7-13(15-12)10(2)14-9-8-11-4-5-11/h6-7,10-11,14H,3-5,8-9H2,1-2H3. The van der Waals surface area contributed by atoms with Crippen LogP contribution in [-0.4, -0.2) is 6.54 Å². The zero-order valence-corrected chi connectivity index (χ0v) is 9.75. The molecule has 1 aliphatic carbocycles. The highest BCUT2D eigenvalue weighted by atomic mass is 16.3. The number of hydrogen-bond donors (Lipinski definition) is 1. The van der Waals surface area contributed by atoms with Crippen molar-refractivity contribution in [2.24, 2.45) is 5.92 Å². The van der Waals surface area contributed by atoms with Crippen LogP contribution in [0.1, 0.15) is 50.7 Å². The molecule has 0 bridgehead atoms. The molecule has 0 spiro atoms. The molecule has 0 amide bonds. The second kappa shape index (κ2) is 4.84. The molecular formula is C13H21NO. The molecule has 84 valence electrons. The van der Waals surface area contributed by atoms with Crippen LogP contribution in [0.4, 0.5) is 0 Å². The van der Waals surface area contributed by atoms with Gasteiger partial charge >= 0.3 is 0 Å². The third kappa shape index (κ3) is 3.10. The summed E-state index contributed by atoms with van der Waals surface area (Å²) in [5, 5.41) is 3.51. The first-order valence-electron chi connectivity index (χ1n) is 6.11. The van der Waals surface area contributed by atoms with Crippen LogP contribution in [0.5, 0.6) is 0 Å². The summed E-state index contributed by atoms with van der Waals surface area (Å²) in [5.41, 5.74) is 0. The Hall–Kier alpha value is -0.760. The Bertz CT molecular complexity index is 301. The Morgan fingerprint density at radius 2 is 2.27 bits per heavy atom. The lowest BCUT2D eigenvalue weighted by Crippen LogP contribution is -2.19. The fourth-order valence-electron chi connectivity index (χ4n) is 1.83. The molecule has 0 saturated heterocycles. The third-order valence-corrected chi connectivity index (χ3v) is 3.16. The molecule has 1 atom stereocenters. The smallest absolute Gasteiger partial charge is 0.120 e. The molecule has 1 N–H and O–H groups in total. The molecule has 1 aromatic heterocycles. The molecule has 1 aromatic rings. The third-order valence-electron chi connectivity index (χ3n) is 3.16. The van der Waals surface area contributed by atoms with Crippen molar-refractivity contribution in [3.8, 4) is 0 Å². The van der Waals surface area contributed by atoms with E-state index < -0.39 is 0 Å². The highest BCUT2D eigenvalue weighted by molar-refractivity contribution is 5.10. The first kappa shape index (κ1) is 10.7. The summed E-state index contributed by atoms with van der Waals surface area (Å²) in [7, 11) is 0. The van der Waals surface area contributed by atoms with E-state index in [-0.39, 0.29) is 0 Å². The van der Waals surface area contributed by atoms with Crippen molar-refractivity contribution >= 4 is 0 Å². The lowest BCUT2D eigenvalue weighted by molar-refractivity contribution is 0.405. The fourth-order valence-corrected chi connectivity index (χ4v) is 1.83. The van der Waals surface area contributed by atoms with E-state index in [9.17, 15) is 0 Å². The zero-order chi connectivity index (χ0) is 10.7. The van der Waals surface area contributed by atoms with E-state index in [2.05, 4.69) is 31.3 Å². The average molecular weight is 207 g/mol. The largest absolute Gasteiger partial charge is 0.464 e. The Kier molecular flexibility index (Phi) is 3.47. The Labute approximate surface area is 92.1 Å². The van der Waals surface area contributed by atoms with Crippen molar-refractivity contribution in [1.82, 2.24) is 5.32 Å². The molecule has 0 aromatic carbocycles. The van der Waals surface area contributed by atoms with E-state index in [4.69, 9.17) is 4.42 Å². The summed E-state index contributed by atoms with van der Waals surface area (Å²) in [5.74, 6) is 3.16. The second-order valence-electron chi connectivity index (χ2n) is 4.57. The van der Waals surface area contributed by atoms with Crippen LogP contribution in [0.2, 0.25) is 0 Å². The number of hydrogen-bond acceptors (Lipinski definition) is 2. The van der Waals surface area contributed by atoms with Crippen molar-refractivity contribution in [1.29, 1.82) is 0 Å². The van der Waals surface area contributed by atoms with Gasteiger partial charge in [-0.25, -0.2) is 0 Å². The van der Waals surface area contributed by atoms with Gasteiger partial charge in [0.2, 0.25) is 0 Å². The van der Waals surface area contributed by atoms with Crippen molar-refractivity contribution in [2.45, 2.75) is 45.6 Å². The number of furan rings is 1. The topological polar surface area (TPSA) is 25.2 Å². The number of aryl methyl sites for hydroxylation is 1. The monoisotopic (exact) mass is 207 g/mol. The number of rotatable bonds is 6. The van der Waals surface area contributed by atoms with Crippen LogP contribution in [0, 0.1) is 5.92 Å². The van der Waals surface area contributed by atoms with Crippen LogP contribution in [-0.2, 0) is 6.42 Å². The molecule has 0 radical (unpaired) electrons. The zero-order valence-electron chi connectivity index (χ0n) is 9.75. The molecule has 15 heavy (non-hydrogen) atoms. The van der Waals surface area contributed by atoms with E-state index in [0.717, 1.165) is 30.4 Å². The first-order valence-corrected chi connectivity index (χ1v) is 6.11. The van der Waals surface area contributed by atoms with Crippen LogP contribution in [0.15, 0.2) is 16.5 Å². The van der Waals surface area contributed by atoms with Crippen LogP contribution >= 0.6 is 0 Å². The lowest BCUT2D eigenvalue weighted by Gasteiger charge is -2.10. The SMILES string of the molecule is CCc1ccc(C(C)NCCC2CC2)o1. The van der Waals surface area contributed by atoms with Gasteiger partial charge in [0.25, 0.3) is 0 Å². The predicted molar refractivity (Wildman–Crippen MR) is 61.8 cm³/mol. The summed E-state index contributed by atoms with van der Waals surface area (Å²) in [6.07, 6.45) is 5.19. The van der Waals surface area contributed by atoms with Crippen molar-refractivity contribution in [3.63, 3.8) is 0 Å². The maximum absolute atomic E-state index is 5.71. The Morgan fingerprint density at radius 3 is 2.87 bits per heavy atom. The lowest BCUT2D eigenvalue weighted by atomic mass is 10.2. The highest BCUT2D eigenvalue weighted by Gasteiger charge is 2.20. The van der Waals surface area contributed by atoms with Gasteiger partial charge in [-0.05, 0) is 37.9 Å². The van der Waals surface area contributed by atoms with E-state index in [0.29, 0.717) is 6.04 Å². The number of nitrogens with one attached hydrogen (secondary N) is 1. The fraction of sp³-hybridized carbons (Fsp3) is 0.692. The van der Waals surface area contributed by atoms with Crippen molar-refractivity contribution in [2.75, 3.05) is 6.54 Å². The van der Waals surface area contributed by atoms with Crippen LogP contribution in [0.3, 0.4) is 0 Å². The summed E-state index contributed by atoms with van der Waals surface area (Å²) in [6, 6.07) is 4.52. The van der Waals surface area contributed by atoms with Gasteiger partial charge in [0, 0.05) is 6.42 Å². The maximum Gasteiger partial charge on any atom is 0.120 e. The predicted octanol–water partition coefficient (Wildman–Crippen LogP) is 3.29. The van der Waals surface area contributed by atoms with Gasteiger partial charge in [-0.2, -0.15) is 0 Å². The van der Waals surface area contributed by atoms with Gasteiger partial charge in [0.1, 0.15) is 11.5 Å². The summed E-state index contributed by atoms with van der Waals surface area (Å²) < 4.78 is 5.71. The van der Waals surface area contributed by atoms with Gasteiger partial charge in [0.05, 0.1) is 6.04 Å². The van der Waals surface area contributed by atoms with Gasteiger partial charge in [0.15, 0.2) is 0 Å². The quantitative estimate of drug-likeness (QED) is 0.774. The Morgan fingerprint density at radius 1 is 1.47 bits per heavy atom. The maximum atomic E-state index is 5.71. The van der Waals surface area contributed by atoms with Crippen molar-refractivity contribution in [3.05, 3.63) is 23.7 Å². The molecule has 1 unspecified atom stereocenters. The molecule has 2 nitrogen and oxygen atoms in total. The van der Waals surface area contributed by atoms with Crippen LogP contribution < -0.4 is 5.32 Å². The average Bonchev–Trinajstić information content (AvgIpc) is 2.94. The van der Waals surface area contributed by atoms with Crippen LogP contribution in [0.25, 0.3) is 0 Å². The van der Waals surface area contributed by atoms with Gasteiger partial charge in [-0.15, -0.1) is 0 Å². The minimum absolute atomic E-state index is 0.351. The normalized spacial score (nSPS) is 18.0. The molecule has 1 saturated carbocycles. The van der Waals surface area contributed by atoms with E-state index in [1.807, 2.05) is 0 Å². The molecule has 2 rings (SSSR count). The van der Waals surface area contributed by atoms with Gasteiger partial charge in [-0.1, -0.05) is 19.8 Å². The molecule has 1 heterocycles. The van der Waals surface area contributed by atoms with E-state index in [1.165, 1.54) is 19.3 Å². The minimum Gasteiger partial charge on any atom is -0.464 e. The molecule has 0 aliphatic heterocycles. The summed E-state index contributed by atoms with van der Waals surface area (Å²) in [4.78, 5) is 0. The van der Waals surface area contributed by atoms with Crippen molar-refractivity contribution < 1.29 is 4.42 Å².